The van der Waals surface area contributed by atoms with Crippen molar-refractivity contribution in [1.82, 2.24) is 0 Å². The van der Waals surface area contributed by atoms with Crippen LogP contribution in [0.5, 0.6) is 0 Å². The molecular formula is C13H19BrINO2. The van der Waals surface area contributed by atoms with Crippen LogP contribution < -0.4 is 5.32 Å². The first-order valence-corrected chi connectivity index (χ1v) is 7.66. The highest BCUT2D eigenvalue weighted by molar-refractivity contribution is 14.1. The summed E-state index contributed by atoms with van der Waals surface area (Å²) >= 11 is 5.74. The zero-order valence-corrected chi connectivity index (χ0v) is 14.6. The minimum Gasteiger partial charge on any atom is -0.389 e. The number of halogens is 2. The summed E-state index contributed by atoms with van der Waals surface area (Å²) in [5.41, 5.74) is 0.768. The molecule has 0 spiro atoms. The second-order valence-corrected chi connectivity index (χ2v) is 7.10. The maximum atomic E-state index is 9.80. The molecule has 0 heterocycles. The van der Waals surface area contributed by atoms with Gasteiger partial charge in [0, 0.05) is 20.3 Å². The van der Waals surface area contributed by atoms with E-state index >= 15 is 0 Å². The van der Waals surface area contributed by atoms with E-state index in [4.69, 9.17) is 4.74 Å². The minimum absolute atomic E-state index is 0.215. The average molecular weight is 428 g/mol. The summed E-state index contributed by atoms with van der Waals surface area (Å²) in [5, 5.41) is 13.0. The molecule has 0 saturated carbocycles. The van der Waals surface area contributed by atoms with Crippen molar-refractivity contribution >= 4 is 44.2 Å². The summed E-state index contributed by atoms with van der Waals surface area (Å²) in [6.45, 7) is 6.74. The van der Waals surface area contributed by atoms with Crippen LogP contribution in [-0.4, -0.2) is 30.0 Å². The molecular weight excluding hydrogens is 409 g/mol. The molecule has 1 unspecified atom stereocenters. The molecule has 0 aliphatic carbocycles. The van der Waals surface area contributed by atoms with Gasteiger partial charge in [-0.2, -0.15) is 0 Å². The van der Waals surface area contributed by atoms with Crippen LogP contribution in [0, 0.1) is 3.57 Å². The Kier molecular flexibility index (Phi) is 6.37. The highest BCUT2D eigenvalue weighted by Gasteiger charge is 2.13. The van der Waals surface area contributed by atoms with E-state index < -0.39 is 6.10 Å². The summed E-state index contributed by atoms with van der Waals surface area (Å²) in [4.78, 5) is 0. The molecule has 0 radical (unpaired) electrons. The molecule has 1 aromatic carbocycles. The molecule has 0 amide bonds. The van der Waals surface area contributed by atoms with Gasteiger partial charge in [0.1, 0.15) is 0 Å². The van der Waals surface area contributed by atoms with Crippen LogP contribution in [0.15, 0.2) is 22.7 Å². The van der Waals surface area contributed by atoms with E-state index in [0.29, 0.717) is 13.2 Å². The molecule has 1 atom stereocenters. The third-order valence-electron chi connectivity index (χ3n) is 2.17. The summed E-state index contributed by atoms with van der Waals surface area (Å²) in [7, 11) is 0. The number of nitrogens with one attached hydrogen (secondary N) is 1. The highest BCUT2D eigenvalue weighted by Crippen LogP contribution is 2.22. The van der Waals surface area contributed by atoms with E-state index in [9.17, 15) is 5.11 Å². The fraction of sp³-hybridized carbons (Fsp3) is 0.538. The van der Waals surface area contributed by atoms with Gasteiger partial charge in [-0.05, 0) is 77.5 Å². The Hall–Kier alpha value is 0.150. The number of hydrogen-bond acceptors (Lipinski definition) is 3. The number of aliphatic hydroxyl groups excluding tert-OH is 1. The van der Waals surface area contributed by atoms with Crippen LogP contribution in [0.25, 0.3) is 0 Å². The van der Waals surface area contributed by atoms with E-state index in [2.05, 4.69) is 43.8 Å². The van der Waals surface area contributed by atoms with Gasteiger partial charge >= 0.3 is 0 Å². The second kappa shape index (κ2) is 7.07. The summed E-state index contributed by atoms with van der Waals surface area (Å²) in [5.74, 6) is 0. The Morgan fingerprint density at radius 1 is 1.44 bits per heavy atom. The third-order valence-corrected chi connectivity index (χ3v) is 4.51. The van der Waals surface area contributed by atoms with Crippen molar-refractivity contribution in [3.05, 3.63) is 26.2 Å². The Morgan fingerprint density at radius 2 is 2.11 bits per heavy atom. The fourth-order valence-corrected chi connectivity index (χ4v) is 1.96. The average Bonchev–Trinajstić information content (AvgIpc) is 2.27. The quantitative estimate of drug-likeness (QED) is 0.705. The van der Waals surface area contributed by atoms with E-state index in [1.54, 1.807) is 0 Å². The van der Waals surface area contributed by atoms with Crippen molar-refractivity contribution in [2.24, 2.45) is 0 Å². The highest BCUT2D eigenvalue weighted by atomic mass is 127. The predicted octanol–water partition coefficient (Wildman–Crippen LogP) is 3.64. The largest absolute Gasteiger partial charge is 0.389 e. The number of ether oxygens (including phenoxy) is 1. The lowest BCUT2D eigenvalue weighted by molar-refractivity contribution is -0.0449. The molecule has 1 rings (SSSR count). The van der Waals surface area contributed by atoms with E-state index in [-0.39, 0.29) is 5.60 Å². The molecule has 5 heteroatoms. The zero-order valence-electron chi connectivity index (χ0n) is 10.8. The molecule has 2 N–H and O–H groups in total. The summed E-state index contributed by atoms with van der Waals surface area (Å²) in [6.07, 6.45) is -0.512. The van der Waals surface area contributed by atoms with Crippen molar-refractivity contribution in [2.45, 2.75) is 32.5 Å². The van der Waals surface area contributed by atoms with Crippen LogP contribution in [-0.2, 0) is 4.74 Å². The van der Waals surface area contributed by atoms with Gasteiger partial charge in [-0.25, -0.2) is 0 Å². The summed E-state index contributed by atoms with van der Waals surface area (Å²) < 4.78 is 7.73. The van der Waals surface area contributed by atoms with Gasteiger partial charge in [0.25, 0.3) is 0 Å². The molecule has 1 aromatic rings. The normalized spacial score (nSPS) is 13.4. The van der Waals surface area contributed by atoms with Crippen molar-refractivity contribution in [3.8, 4) is 0 Å². The smallest absolute Gasteiger partial charge is 0.0945 e. The Balaban J connectivity index is 2.38. The first kappa shape index (κ1) is 16.2. The van der Waals surface area contributed by atoms with E-state index in [1.165, 1.54) is 0 Å². The molecule has 0 aromatic heterocycles. The maximum absolute atomic E-state index is 9.80. The van der Waals surface area contributed by atoms with Gasteiger partial charge in [0.2, 0.25) is 0 Å². The molecule has 0 aliphatic heterocycles. The van der Waals surface area contributed by atoms with E-state index in [1.807, 2.05) is 39.0 Å². The second-order valence-electron chi connectivity index (χ2n) is 5.09. The number of benzene rings is 1. The lowest BCUT2D eigenvalue weighted by Crippen LogP contribution is -2.30. The molecule has 3 nitrogen and oxygen atoms in total. The minimum atomic E-state index is -0.512. The maximum Gasteiger partial charge on any atom is 0.0945 e. The van der Waals surface area contributed by atoms with Gasteiger partial charge in [0.05, 0.1) is 18.3 Å². The first-order chi connectivity index (χ1) is 8.28. The molecule has 102 valence electrons. The molecule has 0 aliphatic rings. The fourth-order valence-electron chi connectivity index (χ4n) is 1.25. The monoisotopic (exact) mass is 427 g/mol. The van der Waals surface area contributed by atoms with Crippen LogP contribution in [0.1, 0.15) is 20.8 Å². The molecule has 0 saturated heterocycles. The van der Waals surface area contributed by atoms with Gasteiger partial charge < -0.3 is 15.2 Å². The van der Waals surface area contributed by atoms with Crippen molar-refractivity contribution in [2.75, 3.05) is 18.5 Å². The number of rotatable bonds is 5. The van der Waals surface area contributed by atoms with Crippen LogP contribution in [0.2, 0.25) is 0 Å². The first-order valence-electron chi connectivity index (χ1n) is 5.79. The van der Waals surface area contributed by atoms with Crippen LogP contribution in [0.4, 0.5) is 5.69 Å². The van der Waals surface area contributed by atoms with Gasteiger partial charge in [0.15, 0.2) is 0 Å². The third kappa shape index (κ3) is 6.36. The Labute approximate surface area is 131 Å². The standard InChI is InChI=1S/C13H19BrINO2/c1-13(2,3)18-8-10(17)7-16-9-4-5-12(15)11(14)6-9/h4-6,10,16-17H,7-8H2,1-3H3. The van der Waals surface area contributed by atoms with Crippen molar-refractivity contribution in [3.63, 3.8) is 0 Å². The number of anilines is 1. The lowest BCUT2D eigenvalue weighted by atomic mass is 10.2. The zero-order chi connectivity index (χ0) is 13.8. The number of aliphatic hydroxyl groups is 1. The van der Waals surface area contributed by atoms with E-state index in [0.717, 1.165) is 13.7 Å². The van der Waals surface area contributed by atoms with Crippen molar-refractivity contribution < 1.29 is 9.84 Å². The molecule has 18 heavy (non-hydrogen) atoms. The Morgan fingerprint density at radius 3 is 2.67 bits per heavy atom. The summed E-state index contributed by atoms with van der Waals surface area (Å²) in [6, 6.07) is 6.01. The topological polar surface area (TPSA) is 41.5 Å². The number of hydrogen-bond donors (Lipinski definition) is 2. The van der Waals surface area contributed by atoms with Gasteiger partial charge in [-0.3, -0.25) is 0 Å². The predicted molar refractivity (Wildman–Crippen MR) is 87.1 cm³/mol. The van der Waals surface area contributed by atoms with Crippen molar-refractivity contribution in [1.29, 1.82) is 0 Å². The van der Waals surface area contributed by atoms with Gasteiger partial charge in [-0.15, -0.1) is 0 Å². The van der Waals surface area contributed by atoms with Crippen LogP contribution >= 0.6 is 38.5 Å². The van der Waals surface area contributed by atoms with Gasteiger partial charge in [-0.1, -0.05) is 0 Å². The van der Waals surface area contributed by atoms with Crippen LogP contribution in [0.3, 0.4) is 0 Å². The SMILES string of the molecule is CC(C)(C)OCC(O)CNc1ccc(I)c(Br)c1. The molecule has 0 bridgehead atoms. The Bertz CT molecular complexity index is 393. The lowest BCUT2D eigenvalue weighted by Gasteiger charge is -2.22. The molecule has 0 fully saturated rings.